The van der Waals surface area contributed by atoms with Gasteiger partial charge in [0.05, 0.1) is 18.6 Å². The maximum atomic E-state index is 14.0. The molecule has 2 atom stereocenters. The van der Waals surface area contributed by atoms with Crippen molar-refractivity contribution in [3.05, 3.63) is 102 Å². The number of carbonyl (C=O) groups excluding carboxylic acids is 1. The number of aliphatic carboxylic acids is 1. The number of carboxylic acids is 1. The summed E-state index contributed by atoms with van der Waals surface area (Å²) in [5.74, 6) is -1.79. The van der Waals surface area contributed by atoms with Crippen LogP contribution in [0.2, 0.25) is 0 Å². The number of nitrogens with zero attached hydrogens (tertiary/aromatic N) is 2. The summed E-state index contributed by atoms with van der Waals surface area (Å²) in [6, 6.07) is 21.2. The van der Waals surface area contributed by atoms with E-state index in [1.807, 2.05) is 66.9 Å². The largest absolute Gasteiger partial charge is 1.00 e. The van der Waals surface area contributed by atoms with Crippen LogP contribution in [0.15, 0.2) is 79.0 Å². The summed E-state index contributed by atoms with van der Waals surface area (Å²) in [7, 11) is 0. The van der Waals surface area contributed by atoms with E-state index in [0.29, 0.717) is 30.6 Å². The molecule has 8 nitrogen and oxygen atoms in total. The number of aliphatic hydroxyl groups is 2. The van der Waals surface area contributed by atoms with Crippen molar-refractivity contribution < 1.29 is 60.3 Å². The molecular formula is C34H39FN3NaO5. The third-order valence-electron chi connectivity index (χ3n) is 7.30. The van der Waals surface area contributed by atoms with Gasteiger partial charge in [0.2, 0.25) is 0 Å². The first-order valence-corrected chi connectivity index (χ1v) is 14.5. The van der Waals surface area contributed by atoms with E-state index in [1.165, 1.54) is 12.1 Å². The third-order valence-corrected chi connectivity index (χ3v) is 7.30. The number of aliphatic hydroxyl groups excluding tert-OH is 2. The molecule has 0 bridgehead atoms. The van der Waals surface area contributed by atoms with Crippen molar-refractivity contribution in [1.29, 1.82) is 0 Å². The molecule has 4 N–H and O–H groups in total. The molecule has 0 aliphatic heterocycles. The molecule has 0 aliphatic rings. The van der Waals surface area contributed by atoms with Crippen molar-refractivity contribution in [1.82, 2.24) is 14.9 Å². The molecule has 228 valence electrons. The van der Waals surface area contributed by atoms with E-state index in [2.05, 4.69) is 10.3 Å². The normalized spacial score (nSPS) is 12.4. The van der Waals surface area contributed by atoms with E-state index in [-0.39, 0.29) is 61.6 Å². The zero-order chi connectivity index (χ0) is 30.9. The van der Waals surface area contributed by atoms with E-state index in [4.69, 9.17) is 5.11 Å². The molecule has 44 heavy (non-hydrogen) atoms. The predicted octanol–water partition coefficient (Wildman–Crippen LogP) is 2.55. The summed E-state index contributed by atoms with van der Waals surface area (Å²) < 4.78 is 16.0. The quantitative estimate of drug-likeness (QED) is 0.163. The van der Waals surface area contributed by atoms with Crippen molar-refractivity contribution in [2.24, 2.45) is 0 Å². The van der Waals surface area contributed by atoms with Gasteiger partial charge < -0.3 is 26.6 Å². The van der Waals surface area contributed by atoms with Gasteiger partial charge in [0.1, 0.15) is 11.5 Å². The number of hydrogen-bond donors (Lipinski definition) is 4. The monoisotopic (exact) mass is 611 g/mol. The number of nitrogens with one attached hydrogen (secondary N) is 1. The number of benzene rings is 2. The van der Waals surface area contributed by atoms with Gasteiger partial charge in [-0.2, -0.15) is 0 Å². The van der Waals surface area contributed by atoms with Gasteiger partial charge in [-0.25, -0.2) is 4.39 Å². The Labute approximate surface area is 280 Å². The maximum Gasteiger partial charge on any atom is 1.00 e. The first kappa shape index (κ1) is 35.1. The van der Waals surface area contributed by atoms with E-state index in [9.17, 15) is 24.2 Å². The molecular weight excluding hydrogens is 572 g/mol. The molecule has 2 aromatic heterocycles. The van der Waals surface area contributed by atoms with Crippen molar-refractivity contribution >= 4 is 11.9 Å². The number of aromatic nitrogens is 2. The number of carboxylic acid groups (broad SMARTS) is 1. The van der Waals surface area contributed by atoms with Crippen molar-refractivity contribution in [2.45, 2.75) is 64.2 Å². The Bertz CT molecular complexity index is 1520. The average molecular weight is 612 g/mol. The van der Waals surface area contributed by atoms with Crippen LogP contribution >= 0.6 is 0 Å². The van der Waals surface area contributed by atoms with E-state index < -0.39 is 24.6 Å². The van der Waals surface area contributed by atoms with E-state index in [0.717, 1.165) is 28.1 Å². The molecule has 2 aromatic carbocycles. The average Bonchev–Trinajstić information content (AvgIpc) is 3.32. The molecule has 4 aromatic rings. The van der Waals surface area contributed by atoms with Crippen LogP contribution < -0.4 is 34.9 Å². The van der Waals surface area contributed by atoms with Gasteiger partial charge in [0.25, 0.3) is 5.91 Å². The fourth-order valence-electron chi connectivity index (χ4n) is 5.44. The van der Waals surface area contributed by atoms with Gasteiger partial charge in [-0.3, -0.25) is 14.6 Å². The van der Waals surface area contributed by atoms with Gasteiger partial charge in [0, 0.05) is 47.7 Å². The first-order chi connectivity index (χ1) is 20.7. The molecule has 0 saturated heterocycles. The summed E-state index contributed by atoms with van der Waals surface area (Å²) in [6.07, 6.45) is 0.115. The summed E-state index contributed by atoms with van der Waals surface area (Å²) >= 11 is 0. The van der Waals surface area contributed by atoms with E-state index in [1.54, 1.807) is 18.3 Å². The number of carbonyl (C=O) groups is 2. The fourth-order valence-corrected chi connectivity index (χ4v) is 5.44. The van der Waals surface area contributed by atoms with Crippen molar-refractivity contribution in [3.8, 4) is 22.3 Å². The number of halogens is 1. The predicted molar refractivity (Wildman–Crippen MR) is 164 cm³/mol. The molecule has 0 unspecified atom stereocenters. The van der Waals surface area contributed by atoms with Crippen molar-refractivity contribution in [2.75, 3.05) is 6.54 Å². The molecule has 0 saturated carbocycles. The second kappa shape index (κ2) is 16.7. The Morgan fingerprint density at radius 3 is 2.18 bits per heavy atom. The molecule has 0 fully saturated rings. The summed E-state index contributed by atoms with van der Waals surface area (Å²) in [4.78, 5) is 29.4. The van der Waals surface area contributed by atoms with Crippen LogP contribution in [0.4, 0.5) is 4.39 Å². The Kier molecular flexibility index (Phi) is 13.3. The molecule has 10 heteroatoms. The standard InChI is InChI=1S/C34H38FN3O5.Na.H/c1-22(2)38-29(16-15-27(39)20-28(40)21-30(41)42)31(24-11-13-25(35)14-12-24)32(23-8-4-3-5-9-23)33(38)34(43)37-19-17-26-10-6-7-18-36-26;;/h3-14,18,22,27-28,39-40H,15-17,19-21H2,1-2H3,(H,37,43)(H,41,42);;/q;+1;-1/t27-,28-;;/m1../s1. The molecule has 2 heterocycles. The third kappa shape index (κ3) is 9.09. The van der Waals surface area contributed by atoms with Gasteiger partial charge in [-0.05, 0) is 68.5 Å². The van der Waals surface area contributed by atoms with Crippen LogP contribution in [0.3, 0.4) is 0 Å². The molecule has 0 radical (unpaired) electrons. The van der Waals surface area contributed by atoms with Crippen molar-refractivity contribution in [3.63, 3.8) is 0 Å². The van der Waals surface area contributed by atoms with Crippen LogP contribution in [-0.4, -0.2) is 55.5 Å². The molecule has 0 aliphatic carbocycles. The minimum atomic E-state index is -1.18. The zero-order valence-electron chi connectivity index (χ0n) is 26.4. The molecule has 1 amide bonds. The minimum Gasteiger partial charge on any atom is -1.00 e. The van der Waals surface area contributed by atoms with E-state index >= 15 is 0 Å². The van der Waals surface area contributed by atoms with Crippen LogP contribution in [0, 0.1) is 5.82 Å². The number of rotatable bonds is 14. The van der Waals surface area contributed by atoms with Gasteiger partial charge in [-0.15, -0.1) is 0 Å². The number of pyridine rings is 1. The first-order valence-electron chi connectivity index (χ1n) is 14.5. The van der Waals surface area contributed by atoms with Gasteiger partial charge in [-0.1, -0.05) is 48.5 Å². The Hall–Kier alpha value is -3.34. The summed E-state index contributed by atoms with van der Waals surface area (Å²) in [6.45, 7) is 4.32. The van der Waals surface area contributed by atoms with Gasteiger partial charge in [0.15, 0.2) is 0 Å². The summed E-state index contributed by atoms with van der Waals surface area (Å²) in [5, 5.41) is 32.9. The Morgan fingerprint density at radius 2 is 1.57 bits per heavy atom. The fraction of sp³-hybridized carbons (Fsp3) is 0.324. The Morgan fingerprint density at radius 1 is 0.909 bits per heavy atom. The maximum absolute atomic E-state index is 14.0. The second-order valence-corrected chi connectivity index (χ2v) is 10.9. The summed E-state index contributed by atoms with van der Waals surface area (Å²) in [5.41, 5.74) is 5.09. The van der Waals surface area contributed by atoms with Crippen LogP contribution in [0.1, 0.15) is 62.5 Å². The minimum absolute atomic E-state index is 0. The smallest absolute Gasteiger partial charge is 1.00 e. The topological polar surface area (TPSA) is 125 Å². The SMILES string of the molecule is CC(C)n1c(CC[C@@H](O)C[C@@H](O)CC(=O)O)c(-c2ccc(F)cc2)c(-c2ccccc2)c1C(=O)NCCc1ccccn1.[H-].[Na+]. The molecule has 0 spiro atoms. The second-order valence-electron chi connectivity index (χ2n) is 10.9. The van der Waals surface area contributed by atoms with Crippen LogP contribution in [-0.2, 0) is 17.6 Å². The van der Waals surface area contributed by atoms with Crippen LogP contribution in [0.25, 0.3) is 22.3 Å². The number of hydrogen-bond acceptors (Lipinski definition) is 5. The Balaban J connectivity index is 0.00000353. The molecule has 4 rings (SSSR count). The van der Waals surface area contributed by atoms with Crippen LogP contribution in [0.5, 0.6) is 0 Å². The van der Waals surface area contributed by atoms with Gasteiger partial charge >= 0.3 is 35.5 Å². The zero-order valence-corrected chi connectivity index (χ0v) is 27.4. The number of amides is 1.